The largest absolute Gasteiger partial charge is 0.507 e. The van der Waals surface area contributed by atoms with E-state index in [2.05, 4.69) is 16.0 Å². The van der Waals surface area contributed by atoms with Gasteiger partial charge in [0.1, 0.15) is 29.2 Å². The van der Waals surface area contributed by atoms with Gasteiger partial charge in [0.2, 0.25) is 5.91 Å². The number of amides is 1. The number of nitrogens with two attached hydrogens (primary N) is 2. The number of morpholine rings is 1. The molecule has 0 atom stereocenters. The third-order valence-corrected chi connectivity index (χ3v) is 6.40. The molecule has 1 aromatic heterocycles. The Bertz CT molecular complexity index is 1510. The third kappa shape index (κ3) is 7.03. The van der Waals surface area contributed by atoms with Crippen LogP contribution in [0.25, 0.3) is 28.4 Å². The van der Waals surface area contributed by atoms with Crippen LogP contribution >= 0.6 is 0 Å². The van der Waals surface area contributed by atoms with Crippen molar-refractivity contribution >= 4 is 40.3 Å². The van der Waals surface area contributed by atoms with Crippen LogP contribution in [0.2, 0.25) is 0 Å². The molecule has 4 aromatic rings. The van der Waals surface area contributed by atoms with Crippen molar-refractivity contribution in [2.45, 2.75) is 0 Å². The molecule has 0 spiro atoms. The van der Waals surface area contributed by atoms with E-state index in [0.717, 1.165) is 24.3 Å². The van der Waals surface area contributed by atoms with Crippen molar-refractivity contribution in [1.29, 1.82) is 0 Å². The predicted octanol–water partition coefficient (Wildman–Crippen LogP) is 3.70. The predicted molar refractivity (Wildman–Crippen MR) is 158 cm³/mol. The maximum atomic E-state index is 12.6. The van der Waals surface area contributed by atoms with Crippen LogP contribution < -0.4 is 21.8 Å². The van der Waals surface area contributed by atoms with Gasteiger partial charge in [-0.05, 0) is 43.5 Å². The maximum absolute atomic E-state index is 12.6. The van der Waals surface area contributed by atoms with Gasteiger partial charge >= 0.3 is 5.97 Å². The molecule has 11 nitrogen and oxygen atoms in total. The van der Waals surface area contributed by atoms with E-state index in [1.807, 2.05) is 54.6 Å². The average Bonchev–Trinajstić information content (AvgIpc) is 3.35. The van der Waals surface area contributed by atoms with E-state index in [0.29, 0.717) is 41.2 Å². The number of aromatic hydroxyl groups is 1. The molecule has 41 heavy (non-hydrogen) atoms. The minimum atomic E-state index is -1.26. The van der Waals surface area contributed by atoms with Gasteiger partial charge in [0.15, 0.2) is 0 Å². The lowest BCUT2D eigenvalue weighted by Crippen LogP contribution is -2.36. The maximum Gasteiger partial charge on any atom is 0.339 e. The number of rotatable bonds is 8. The molecule has 1 aliphatic rings. The number of fused-ring (bicyclic) bond motifs is 1. The first-order chi connectivity index (χ1) is 19.9. The molecule has 1 aliphatic heterocycles. The minimum Gasteiger partial charge on any atom is -0.507 e. The molecular formula is C30H33N5O6. The van der Waals surface area contributed by atoms with Crippen LogP contribution in [-0.4, -0.2) is 67.0 Å². The number of phenols is 1. The van der Waals surface area contributed by atoms with Crippen molar-refractivity contribution in [1.82, 2.24) is 5.01 Å². The van der Waals surface area contributed by atoms with Gasteiger partial charge in [0.25, 0.3) is 0 Å². The Labute approximate surface area is 237 Å². The highest BCUT2D eigenvalue weighted by atomic mass is 16.5. The van der Waals surface area contributed by atoms with Crippen LogP contribution in [0.3, 0.4) is 0 Å². The van der Waals surface area contributed by atoms with Gasteiger partial charge in [-0.1, -0.05) is 30.3 Å². The summed E-state index contributed by atoms with van der Waals surface area (Å²) >= 11 is 0. The molecule has 0 aliphatic carbocycles. The van der Waals surface area contributed by atoms with Gasteiger partial charge in [-0.25, -0.2) is 10.6 Å². The number of nitrogens with zero attached hydrogens (tertiary/aromatic N) is 2. The monoisotopic (exact) mass is 559 g/mol. The Morgan fingerprint density at radius 1 is 1.05 bits per heavy atom. The number of carbonyl (C=O) groups excluding carboxylic acids is 1. The Morgan fingerprint density at radius 3 is 2.39 bits per heavy atom. The minimum absolute atomic E-state index is 0.126. The molecule has 0 saturated carbocycles. The van der Waals surface area contributed by atoms with E-state index < -0.39 is 11.7 Å². The van der Waals surface area contributed by atoms with Crippen LogP contribution in [0.15, 0.2) is 77.3 Å². The zero-order valence-electron chi connectivity index (χ0n) is 22.6. The van der Waals surface area contributed by atoms with Crippen molar-refractivity contribution in [3.63, 3.8) is 0 Å². The zero-order valence-corrected chi connectivity index (χ0v) is 22.6. The fourth-order valence-corrected chi connectivity index (χ4v) is 4.46. The number of benzene rings is 3. The fraction of sp³-hybridized carbons (Fsp3) is 0.200. The molecule has 0 radical (unpaired) electrons. The average molecular weight is 560 g/mol. The van der Waals surface area contributed by atoms with Crippen molar-refractivity contribution in [2.75, 3.05) is 50.1 Å². The van der Waals surface area contributed by atoms with Gasteiger partial charge in [0.05, 0.1) is 13.2 Å². The first kappa shape index (κ1) is 29.2. The molecular weight excluding hydrogens is 526 g/mol. The number of furan rings is 1. The summed E-state index contributed by atoms with van der Waals surface area (Å²) in [5, 5.41) is 24.2. The summed E-state index contributed by atoms with van der Waals surface area (Å²) in [5.74, 6) is 4.62. The highest BCUT2D eigenvalue weighted by molar-refractivity contribution is 6.01. The number of hydrogen-bond donors (Lipinski definition) is 5. The second kappa shape index (κ2) is 13.5. The zero-order chi connectivity index (χ0) is 29.4. The van der Waals surface area contributed by atoms with Crippen molar-refractivity contribution in [3.05, 3.63) is 84.1 Å². The highest BCUT2D eigenvalue weighted by Crippen LogP contribution is 2.37. The van der Waals surface area contributed by atoms with Gasteiger partial charge in [-0.3, -0.25) is 4.79 Å². The molecule has 5 rings (SSSR count). The molecule has 1 amide bonds. The Balaban J connectivity index is 0.00000189. The summed E-state index contributed by atoms with van der Waals surface area (Å²) in [5.41, 5.74) is 7.61. The van der Waals surface area contributed by atoms with E-state index in [4.69, 9.17) is 15.0 Å². The summed E-state index contributed by atoms with van der Waals surface area (Å²) in [7, 11) is 1.50. The molecule has 0 bridgehead atoms. The SMILES string of the molecule is CN.NN(/C=C/c1c(-c2ccccc2)oc2cc(O)c(C(=O)O)cc12)CC(=O)Nc1ccc(N2CCOCC2)cc1. The molecule has 1 fully saturated rings. The number of carboxylic acid groups (broad SMARTS) is 1. The van der Waals surface area contributed by atoms with E-state index in [1.54, 1.807) is 6.08 Å². The smallest absolute Gasteiger partial charge is 0.339 e. The van der Waals surface area contributed by atoms with E-state index in [1.165, 1.54) is 30.4 Å². The Hall–Kier alpha value is -4.84. The standard InChI is InChI=1S/C29H28N4O6.CH5N/c30-33(18-27(35)31-20-6-8-21(9-7-20)32-12-14-38-15-13-32)11-10-22-23-16-24(29(36)37)25(34)17-26(23)39-28(22)19-4-2-1-3-5-19;1-2/h1-11,16-17,34H,12-15,18,30H2,(H,31,35)(H,36,37);2H2,1H3/b11-10+;. The van der Waals surface area contributed by atoms with Crippen LogP contribution in [-0.2, 0) is 9.53 Å². The second-order valence-electron chi connectivity index (χ2n) is 9.06. The van der Waals surface area contributed by atoms with Crippen molar-refractivity contribution < 1.29 is 29.0 Å². The molecule has 3 aromatic carbocycles. The van der Waals surface area contributed by atoms with Crippen LogP contribution in [0.4, 0.5) is 11.4 Å². The van der Waals surface area contributed by atoms with E-state index >= 15 is 0 Å². The van der Waals surface area contributed by atoms with Crippen molar-refractivity contribution in [2.24, 2.45) is 11.6 Å². The van der Waals surface area contributed by atoms with Gasteiger partial charge < -0.3 is 40.3 Å². The molecule has 0 unspecified atom stereocenters. The summed E-state index contributed by atoms with van der Waals surface area (Å²) in [6.45, 7) is 2.93. The number of hydrogen-bond acceptors (Lipinski definition) is 9. The summed E-state index contributed by atoms with van der Waals surface area (Å²) in [6.07, 6.45) is 3.17. The lowest BCUT2D eigenvalue weighted by atomic mass is 10.0. The number of ether oxygens (including phenoxy) is 1. The topological polar surface area (TPSA) is 168 Å². The summed E-state index contributed by atoms with van der Waals surface area (Å²) in [4.78, 5) is 26.5. The second-order valence-corrected chi connectivity index (χ2v) is 9.06. The van der Waals surface area contributed by atoms with Crippen molar-refractivity contribution in [3.8, 4) is 17.1 Å². The normalized spacial score (nSPS) is 13.1. The number of aromatic carboxylic acids is 1. The van der Waals surface area contributed by atoms with Gasteiger partial charge in [0, 0.05) is 53.2 Å². The Kier molecular flexibility index (Phi) is 9.59. The number of carbonyl (C=O) groups is 2. The first-order valence-electron chi connectivity index (χ1n) is 13.0. The van der Waals surface area contributed by atoms with Crippen LogP contribution in [0.1, 0.15) is 15.9 Å². The number of carboxylic acids is 1. The Morgan fingerprint density at radius 2 is 1.73 bits per heavy atom. The molecule has 11 heteroatoms. The van der Waals surface area contributed by atoms with Gasteiger partial charge in [-0.15, -0.1) is 0 Å². The number of nitrogens with one attached hydrogen (secondary N) is 1. The molecule has 2 heterocycles. The lowest BCUT2D eigenvalue weighted by molar-refractivity contribution is -0.116. The van der Waals surface area contributed by atoms with Gasteiger partial charge in [-0.2, -0.15) is 0 Å². The quantitative estimate of drug-likeness (QED) is 0.159. The number of anilines is 2. The van der Waals surface area contributed by atoms with E-state index in [9.17, 15) is 19.8 Å². The lowest BCUT2D eigenvalue weighted by Gasteiger charge is -2.28. The molecule has 214 valence electrons. The molecule has 7 N–H and O–H groups in total. The fourth-order valence-electron chi connectivity index (χ4n) is 4.46. The third-order valence-electron chi connectivity index (χ3n) is 6.40. The highest BCUT2D eigenvalue weighted by Gasteiger charge is 2.19. The molecule has 1 saturated heterocycles. The van der Waals surface area contributed by atoms with E-state index in [-0.39, 0.29) is 18.0 Å². The summed E-state index contributed by atoms with van der Waals surface area (Å²) in [6, 6.07) is 19.5. The number of hydrazine groups is 1. The first-order valence-corrected chi connectivity index (χ1v) is 13.0. The van der Waals surface area contributed by atoms with Crippen LogP contribution in [0, 0.1) is 0 Å². The van der Waals surface area contributed by atoms with Crippen LogP contribution in [0.5, 0.6) is 5.75 Å². The summed E-state index contributed by atoms with van der Waals surface area (Å²) < 4.78 is 11.4.